The molecule has 160 valence electrons. The fraction of sp³-hybridized carbons (Fsp3) is 0.619. The summed E-state index contributed by atoms with van der Waals surface area (Å²) in [6, 6.07) is 5.56. The van der Waals surface area contributed by atoms with Crippen molar-refractivity contribution in [2.24, 2.45) is 5.41 Å². The Morgan fingerprint density at radius 1 is 1.24 bits per heavy atom. The van der Waals surface area contributed by atoms with Crippen LogP contribution in [0.3, 0.4) is 0 Å². The average Bonchev–Trinajstić information content (AvgIpc) is 3.41. The molecule has 0 unspecified atom stereocenters. The molecule has 2 aromatic rings. The number of likely N-dealkylation sites (tertiary alicyclic amines) is 1. The lowest BCUT2D eigenvalue weighted by atomic mass is 9.70. The van der Waals surface area contributed by atoms with E-state index in [1.165, 1.54) is 18.6 Å². The minimum absolute atomic E-state index is 0. The molecule has 1 aromatic heterocycles. The summed E-state index contributed by atoms with van der Waals surface area (Å²) >= 11 is 0. The van der Waals surface area contributed by atoms with Gasteiger partial charge in [0.2, 0.25) is 5.91 Å². The molecule has 8 heteroatoms. The zero-order valence-corrected chi connectivity index (χ0v) is 18.3. The maximum atomic E-state index is 13.4. The second kappa shape index (κ2) is 8.40. The number of benzene rings is 1. The predicted octanol–water partition coefficient (Wildman–Crippen LogP) is 4.17. The quantitative estimate of drug-likeness (QED) is 0.749. The normalized spacial score (nSPS) is 29.0. The monoisotopic (exact) mass is 442 g/mol. The molecule has 5 nitrogen and oxygen atoms in total. The molecule has 3 aliphatic heterocycles. The van der Waals surface area contributed by atoms with Gasteiger partial charge in [-0.25, -0.2) is 9.37 Å². The van der Waals surface area contributed by atoms with Gasteiger partial charge in [-0.2, -0.15) is 0 Å². The number of nitrogens with zero attached hydrogens (tertiary/aromatic N) is 2. The Bertz CT molecular complexity index is 883. The number of hydrogen-bond acceptors (Lipinski definition) is 3. The zero-order valence-electron chi connectivity index (χ0n) is 16.6. The van der Waals surface area contributed by atoms with Gasteiger partial charge in [0.05, 0.1) is 16.4 Å². The molecule has 5 rings (SSSR count). The number of piperidine rings is 1. The first-order valence-corrected chi connectivity index (χ1v) is 10.3. The Morgan fingerprint density at radius 2 is 2.00 bits per heavy atom. The number of carbonyl (C=O) groups excluding carboxylic acids is 1. The second-order valence-electron chi connectivity index (χ2n) is 8.56. The van der Waals surface area contributed by atoms with Gasteiger partial charge in [-0.15, -0.1) is 24.8 Å². The summed E-state index contributed by atoms with van der Waals surface area (Å²) in [5.74, 6) is 1.34. The summed E-state index contributed by atoms with van der Waals surface area (Å²) in [4.78, 5) is 23.4. The molecule has 3 aliphatic rings. The van der Waals surface area contributed by atoms with Crippen molar-refractivity contribution in [2.75, 3.05) is 13.1 Å². The highest BCUT2D eigenvalue weighted by Gasteiger charge is 2.55. The van der Waals surface area contributed by atoms with Crippen LogP contribution >= 0.6 is 24.8 Å². The lowest BCUT2D eigenvalue weighted by Gasteiger charge is -2.41. The van der Waals surface area contributed by atoms with Crippen molar-refractivity contribution in [3.8, 4) is 0 Å². The Morgan fingerprint density at radius 3 is 2.62 bits per heavy atom. The van der Waals surface area contributed by atoms with Gasteiger partial charge in [-0.1, -0.05) is 6.92 Å². The van der Waals surface area contributed by atoms with E-state index < -0.39 is 0 Å². The Kier molecular flexibility index (Phi) is 6.47. The second-order valence-corrected chi connectivity index (χ2v) is 8.56. The number of H-pyrrole nitrogens is 1. The number of rotatable bonds is 3. The molecule has 1 aromatic carbocycles. The summed E-state index contributed by atoms with van der Waals surface area (Å²) in [7, 11) is 0. The highest BCUT2D eigenvalue weighted by atomic mass is 35.5. The lowest BCUT2D eigenvalue weighted by molar-refractivity contribution is -0.145. The number of amides is 1. The molecular formula is C21H29Cl2FN4O. The fourth-order valence-corrected chi connectivity index (χ4v) is 5.64. The first-order chi connectivity index (χ1) is 13.1. The van der Waals surface area contributed by atoms with Crippen LogP contribution in [0.15, 0.2) is 18.2 Å². The van der Waals surface area contributed by atoms with E-state index in [4.69, 9.17) is 0 Å². The highest BCUT2D eigenvalue weighted by molar-refractivity contribution is 5.86. The third-order valence-corrected chi connectivity index (χ3v) is 7.21. The zero-order chi connectivity index (χ0) is 18.6. The van der Waals surface area contributed by atoms with Gasteiger partial charge in [0.25, 0.3) is 0 Å². The van der Waals surface area contributed by atoms with Crippen molar-refractivity contribution < 1.29 is 9.18 Å². The highest BCUT2D eigenvalue weighted by Crippen LogP contribution is 2.47. The smallest absolute Gasteiger partial charge is 0.230 e. The van der Waals surface area contributed by atoms with E-state index in [0.717, 1.165) is 62.1 Å². The molecule has 1 amide bonds. The molecule has 3 fully saturated rings. The van der Waals surface area contributed by atoms with Crippen molar-refractivity contribution in [1.82, 2.24) is 20.2 Å². The SMILES string of the molecule is CC[C@@]1(C(=O)N2CCC(c3nc4ccc(F)cc4[nH]3)CC2)C[C@@H]2CC[C@H]1N2.Cl.Cl. The van der Waals surface area contributed by atoms with E-state index in [0.29, 0.717) is 23.9 Å². The molecule has 0 saturated carbocycles. The van der Waals surface area contributed by atoms with Crippen LogP contribution in [0.4, 0.5) is 4.39 Å². The standard InChI is InChI=1S/C21H27FN4O.2ClH/c1-2-21(12-15-4-6-18(21)23-15)20(27)26-9-7-13(8-10-26)19-24-16-5-3-14(22)11-17(16)25-19;;/h3,5,11,13,15,18,23H,2,4,6-10,12H2,1H3,(H,24,25);2*1H/t15-,18+,21+;;/m0../s1. The molecule has 0 aliphatic carbocycles. The molecule has 0 spiro atoms. The molecular weight excluding hydrogens is 414 g/mol. The molecule has 2 bridgehead atoms. The number of nitrogens with one attached hydrogen (secondary N) is 2. The van der Waals surface area contributed by atoms with Crippen molar-refractivity contribution in [3.05, 3.63) is 29.8 Å². The maximum Gasteiger partial charge on any atom is 0.230 e. The number of imidazole rings is 1. The van der Waals surface area contributed by atoms with Gasteiger partial charge in [0, 0.05) is 31.1 Å². The Hall–Kier alpha value is -1.37. The third-order valence-electron chi connectivity index (χ3n) is 7.21. The van der Waals surface area contributed by atoms with Gasteiger partial charge >= 0.3 is 0 Å². The number of aromatic nitrogens is 2. The number of hydrogen-bond donors (Lipinski definition) is 2. The minimum atomic E-state index is -0.248. The van der Waals surface area contributed by atoms with Gasteiger partial charge < -0.3 is 15.2 Å². The van der Waals surface area contributed by atoms with Crippen molar-refractivity contribution in [3.63, 3.8) is 0 Å². The van der Waals surface area contributed by atoms with Crippen molar-refractivity contribution in [2.45, 2.75) is 63.5 Å². The van der Waals surface area contributed by atoms with Crippen LogP contribution in [0.25, 0.3) is 11.0 Å². The van der Waals surface area contributed by atoms with E-state index >= 15 is 0 Å². The minimum Gasteiger partial charge on any atom is -0.342 e. The lowest BCUT2D eigenvalue weighted by Crippen LogP contribution is -2.51. The maximum absolute atomic E-state index is 13.4. The van der Waals surface area contributed by atoms with Crippen LogP contribution in [0.1, 0.15) is 57.2 Å². The van der Waals surface area contributed by atoms with Crippen LogP contribution in [0.2, 0.25) is 0 Å². The fourth-order valence-electron chi connectivity index (χ4n) is 5.64. The van der Waals surface area contributed by atoms with Gasteiger partial charge in [0.1, 0.15) is 11.6 Å². The summed E-state index contributed by atoms with van der Waals surface area (Å²) in [5.41, 5.74) is 1.37. The third kappa shape index (κ3) is 3.64. The predicted molar refractivity (Wildman–Crippen MR) is 116 cm³/mol. The molecule has 3 saturated heterocycles. The average molecular weight is 443 g/mol. The number of halogens is 3. The van der Waals surface area contributed by atoms with E-state index in [2.05, 4.69) is 27.1 Å². The summed E-state index contributed by atoms with van der Waals surface area (Å²) in [6.07, 6.45) is 6.10. The molecule has 2 N–H and O–H groups in total. The Labute approximate surface area is 183 Å². The van der Waals surface area contributed by atoms with Crippen LogP contribution in [-0.2, 0) is 4.79 Å². The molecule has 0 radical (unpaired) electrons. The number of aromatic amines is 1. The first kappa shape index (κ1) is 22.3. The molecule has 4 heterocycles. The van der Waals surface area contributed by atoms with Crippen LogP contribution in [0, 0.1) is 11.2 Å². The van der Waals surface area contributed by atoms with Gasteiger partial charge in [-0.05, 0) is 56.7 Å². The summed E-state index contributed by atoms with van der Waals surface area (Å²) in [5, 5.41) is 3.65. The summed E-state index contributed by atoms with van der Waals surface area (Å²) in [6.45, 7) is 3.74. The van der Waals surface area contributed by atoms with Crippen LogP contribution < -0.4 is 5.32 Å². The van der Waals surface area contributed by atoms with E-state index in [1.807, 2.05) is 0 Å². The van der Waals surface area contributed by atoms with Gasteiger partial charge in [-0.3, -0.25) is 4.79 Å². The van der Waals surface area contributed by atoms with Gasteiger partial charge in [0.15, 0.2) is 0 Å². The Balaban J connectivity index is 0.00000120. The molecule has 29 heavy (non-hydrogen) atoms. The van der Waals surface area contributed by atoms with Crippen molar-refractivity contribution in [1.29, 1.82) is 0 Å². The molecule has 3 atom stereocenters. The van der Waals surface area contributed by atoms with E-state index in [-0.39, 0.29) is 36.0 Å². The van der Waals surface area contributed by atoms with Crippen molar-refractivity contribution >= 4 is 41.8 Å². The van der Waals surface area contributed by atoms with E-state index in [1.54, 1.807) is 6.07 Å². The largest absolute Gasteiger partial charge is 0.342 e. The number of carbonyl (C=O) groups is 1. The number of fused-ring (bicyclic) bond motifs is 3. The van der Waals surface area contributed by atoms with Crippen LogP contribution in [-0.4, -0.2) is 45.9 Å². The topological polar surface area (TPSA) is 61.0 Å². The first-order valence-electron chi connectivity index (χ1n) is 10.3. The van der Waals surface area contributed by atoms with Crippen LogP contribution in [0.5, 0.6) is 0 Å². The van der Waals surface area contributed by atoms with E-state index in [9.17, 15) is 9.18 Å². The summed E-state index contributed by atoms with van der Waals surface area (Å²) < 4.78 is 13.4.